The molecule has 0 bridgehead atoms. The molecule has 0 radical (unpaired) electrons. The van der Waals surface area contributed by atoms with Gasteiger partial charge in [0, 0.05) is 11.4 Å². The van der Waals surface area contributed by atoms with Crippen LogP contribution in [0, 0.1) is 0 Å². The molecule has 0 aliphatic carbocycles. The monoisotopic (exact) mass is 167 g/mol. The van der Waals surface area contributed by atoms with Crippen molar-refractivity contribution in [1.29, 1.82) is 0 Å². The van der Waals surface area contributed by atoms with Crippen LogP contribution in [0.4, 0.5) is 0 Å². The average molecular weight is 167 g/mol. The summed E-state index contributed by atoms with van der Waals surface area (Å²) in [6, 6.07) is 4.25. The SMILES string of the molecule is CNC/C=C\Cc1cccs1. The topological polar surface area (TPSA) is 12.0 Å². The zero-order valence-electron chi connectivity index (χ0n) is 6.71. The Kier molecular flexibility index (Phi) is 3.94. The first-order valence-corrected chi connectivity index (χ1v) is 4.63. The lowest BCUT2D eigenvalue weighted by molar-refractivity contribution is 0.916. The molecule has 0 unspecified atom stereocenters. The second kappa shape index (κ2) is 5.10. The molecule has 0 saturated carbocycles. The summed E-state index contributed by atoms with van der Waals surface area (Å²) >= 11 is 1.81. The van der Waals surface area contributed by atoms with E-state index in [4.69, 9.17) is 0 Å². The Morgan fingerprint density at radius 2 is 2.45 bits per heavy atom. The van der Waals surface area contributed by atoms with Crippen molar-refractivity contribution < 1.29 is 0 Å². The van der Waals surface area contributed by atoms with Gasteiger partial charge < -0.3 is 5.32 Å². The Labute approximate surface area is 71.8 Å². The van der Waals surface area contributed by atoms with Crippen molar-refractivity contribution in [2.75, 3.05) is 13.6 Å². The van der Waals surface area contributed by atoms with Crippen LogP contribution in [0.2, 0.25) is 0 Å². The second-order valence-electron chi connectivity index (χ2n) is 2.31. The highest BCUT2D eigenvalue weighted by Gasteiger charge is 1.86. The van der Waals surface area contributed by atoms with E-state index in [2.05, 4.69) is 35.0 Å². The first-order valence-electron chi connectivity index (χ1n) is 3.75. The summed E-state index contributed by atoms with van der Waals surface area (Å²) in [4.78, 5) is 1.43. The van der Waals surface area contributed by atoms with Crippen LogP contribution in [0.25, 0.3) is 0 Å². The van der Waals surface area contributed by atoms with E-state index in [1.165, 1.54) is 4.88 Å². The number of nitrogens with one attached hydrogen (secondary N) is 1. The Morgan fingerprint density at radius 3 is 3.09 bits per heavy atom. The van der Waals surface area contributed by atoms with Gasteiger partial charge in [-0.15, -0.1) is 11.3 Å². The smallest absolute Gasteiger partial charge is 0.0132 e. The van der Waals surface area contributed by atoms with E-state index in [-0.39, 0.29) is 0 Å². The number of thiophene rings is 1. The molecule has 1 N–H and O–H groups in total. The minimum Gasteiger partial charge on any atom is -0.316 e. The zero-order valence-corrected chi connectivity index (χ0v) is 7.53. The molecule has 0 spiro atoms. The fourth-order valence-corrected chi connectivity index (χ4v) is 1.51. The predicted molar refractivity (Wildman–Crippen MR) is 51.1 cm³/mol. The third kappa shape index (κ3) is 3.35. The number of hydrogen-bond acceptors (Lipinski definition) is 2. The zero-order chi connectivity index (χ0) is 7.94. The summed E-state index contributed by atoms with van der Waals surface area (Å²) in [7, 11) is 1.95. The molecule has 1 nitrogen and oxygen atoms in total. The molecule has 0 aliphatic rings. The van der Waals surface area contributed by atoms with Crippen LogP contribution in [-0.4, -0.2) is 13.6 Å². The van der Waals surface area contributed by atoms with Gasteiger partial charge in [-0.3, -0.25) is 0 Å². The van der Waals surface area contributed by atoms with Gasteiger partial charge in [0.25, 0.3) is 0 Å². The first-order chi connectivity index (χ1) is 5.43. The van der Waals surface area contributed by atoms with Crippen LogP contribution in [-0.2, 0) is 6.42 Å². The van der Waals surface area contributed by atoms with Crippen molar-refractivity contribution in [2.24, 2.45) is 0 Å². The highest BCUT2D eigenvalue weighted by molar-refractivity contribution is 7.09. The molecule has 2 heteroatoms. The largest absolute Gasteiger partial charge is 0.316 e. The lowest BCUT2D eigenvalue weighted by atomic mass is 10.3. The molecule has 0 amide bonds. The van der Waals surface area contributed by atoms with Crippen molar-refractivity contribution >= 4 is 11.3 Å². The lowest BCUT2D eigenvalue weighted by Crippen LogP contribution is -2.03. The lowest BCUT2D eigenvalue weighted by Gasteiger charge is -1.88. The van der Waals surface area contributed by atoms with E-state index in [1.807, 2.05) is 18.4 Å². The van der Waals surface area contributed by atoms with Gasteiger partial charge >= 0.3 is 0 Å². The average Bonchev–Trinajstić information content (AvgIpc) is 2.50. The number of hydrogen-bond donors (Lipinski definition) is 1. The van der Waals surface area contributed by atoms with Gasteiger partial charge in [0.05, 0.1) is 0 Å². The Hall–Kier alpha value is -0.600. The molecule has 0 aromatic carbocycles. The van der Waals surface area contributed by atoms with Crippen LogP contribution < -0.4 is 5.32 Å². The molecule has 11 heavy (non-hydrogen) atoms. The molecule has 1 rings (SSSR count). The highest BCUT2D eigenvalue weighted by atomic mass is 32.1. The maximum Gasteiger partial charge on any atom is 0.0132 e. The fraction of sp³-hybridized carbons (Fsp3) is 0.333. The minimum atomic E-state index is 0.964. The summed E-state index contributed by atoms with van der Waals surface area (Å²) < 4.78 is 0. The highest BCUT2D eigenvalue weighted by Crippen LogP contribution is 2.08. The van der Waals surface area contributed by atoms with E-state index >= 15 is 0 Å². The molecular formula is C9H13NS. The Bertz CT molecular complexity index is 201. The van der Waals surface area contributed by atoms with E-state index in [0.717, 1.165) is 13.0 Å². The summed E-state index contributed by atoms with van der Waals surface area (Å²) in [6.07, 6.45) is 5.42. The first kappa shape index (κ1) is 8.50. The summed E-state index contributed by atoms with van der Waals surface area (Å²) in [5.74, 6) is 0. The van der Waals surface area contributed by atoms with E-state index < -0.39 is 0 Å². The number of likely N-dealkylation sites (N-methyl/N-ethyl adjacent to an activating group) is 1. The molecule has 1 aromatic heterocycles. The van der Waals surface area contributed by atoms with Crippen LogP contribution in [0.1, 0.15) is 4.88 Å². The van der Waals surface area contributed by atoms with Crippen molar-refractivity contribution in [2.45, 2.75) is 6.42 Å². The quantitative estimate of drug-likeness (QED) is 0.677. The summed E-state index contributed by atoms with van der Waals surface area (Å²) in [5, 5.41) is 5.18. The van der Waals surface area contributed by atoms with E-state index in [9.17, 15) is 0 Å². The molecule has 1 aromatic rings. The van der Waals surface area contributed by atoms with Gasteiger partial charge in [-0.25, -0.2) is 0 Å². The fourth-order valence-electron chi connectivity index (χ4n) is 0.829. The Balaban J connectivity index is 2.23. The molecule has 1 heterocycles. The summed E-state index contributed by atoms with van der Waals surface area (Å²) in [6.45, 7) is 0.964. The second-order valence-corrected chi connectivity index (χ2v) is 3.34. The molecule has 0 fully saturated rings. The van der Waals surface area contributed by atoms with Crippen LogP contribution >= 0.6 is 11.3 Å². The van der Waals surface area contributed by atoms with Gasteiger partial charge in [0.15, 0.2) is 0 Å². The minimum absolute atomic E-state index is 0.964. The van der Waals surface area contributed by atoms with Gasteiger partial charge in [-0.2, -0.15) is 0 Å². The van der Waals surface area contributed by atoms with Crippen LogP contribution in [0.15, 0.2) is 29.7 Å². The molecule has 60 valence electrons. The number of allylic oxidation sites excluding steroid dienone is 1. The molecular weight excluding hydrogens is 154 g/mol. The Morgan fingerprint density at radius 1 is 1.55 bits per heavy atom. The van der Waals surface area contributed by atoms with Gasteiger partial charge in [0.1, 0.15) is 0 Å². The third-order valence-electron chi connectivity index (χ3n) is 1.39. The van der Waals surface area contributed by atoms with Gasteiger partial charge in [0.2, 0.25) is 0 Å². The van der Waals surface area contributed by atoms with E-state index in [0.29, 0.717) is 0 Å². The maximum absolute atomic E-state index is 3.06. The third-order valence-corrected chi connectivity index (χ3v) is 2.29. The van der Waals surface area contributed by atoms with Gasteiger partial charge in [-0.1, -0.05) is 18.2 Å². The standard InChI is InChI=1S/C9H13NS/c1-10-7-3-2-5-9-6-4-8-11-9/h2-4,6,8,10H,5,7H2,1H3/b3-2-. The van der Waals surface area contributed by atoms with Gasteiger partial charge in [-0.05, 0) is 24.9 Å². The normalized spacial score (nSPS) is 11.0. The van der Waals surface area contributed by atoms with Crippen molar-refractivity contribution in [3.05, 3.63) is 34.5 Å². The van der Waals surface area contributed by atoms with Crippen molar-refractivity contribution in [3.8, 4) is 0 Å². The van der Waals surface area contributed by atoms with Crippen molar-refractivity contribution in [3.63, 3.8) is 0 Å². The predicted octanol–water partition coefficient (Wildman–Crippen LogP) is 2.07. The maximum atomic E-state index is 3.06. The van der Waals surface area contributed by atoms with Crippen LogP contribution in [0.5, 0.6) is 0 Å². The number of rotatable bonds is 4. The molecule has 0 saturated heterocycles. The molecule has 0 atom stereocenters. The summed E-state index contributed by atoms with van der Waals surface area (Å²) in [5.41, 5.74) is 0. The van der Waals surface area contributed by atoms with Crippen molar-refractivity contribution in [1.82, 2.24) is 5.32 Å². The van der Waals surface area contributed by atoms with E-state index in [1.54, 1.807) is 0 Å². The van der Waals surface area contributed by atoms with Crippen LogP contribution in [0.3, 0.4) is 0 Å². The molecule has 0 aliphatic heterocycles.